The van der Waals surface area contributed by atoms with E-state index in [0.717, 1.165) is 5.69 Å². The molecule has 1 N–H and O–H groups in total. The highest BCUT2D eigenvalue weighted by atomic mass is 32.2. The molecule has 2 aromatic heterocycles. The van der Waals surface area contributed by atoms with Crippen LogP contribution in [-0.2, 0) is 0 Å². The molecule has 0 spiro atoms. The summed E-state index contributed by atoms with van der Waals surface area (Å²) in [5, 5.41) is 10.2. The molecule has 0 bridgehead atoms. The second-order valence-electron chi connectivity index (χ2n) is 4.20. The topological polar surface area (TPSA) is 76.0 Å². The molecule has 0 radical (unpaired) electrons. The number of carbonyl (C=O) groups is 1. The minimum Gasteiger partial charge on any atom is -0.478 e. The van der Waals surface area contributed by atoms with E-state index in [2.05, 4.69) is 15.0 Å². The molecular formula is C13H13N3O2S. The van der Waals surface area contributed by atoms with Crippen LogP contribution in [0.2, 0.25) is 0 Å². The highest BCUT2D eigenvalue weighted by Gasteiger charge is 2.13. The van der Waals surface area contributed by atoms with E-state index >= 15 is 0 Å². The van der Waals surface area contributed by atoms with Crippen LogP contribution < -0.4 is 0 Å². The molecule has 0 unspecified atom stereocenters. The van der Waals surface area contributed by atoms with E-state index in [-0.39, 0.29) is 5.56 Å². The van der Waals surface area contributed by atoms with Crippen LogP contribution in [0.4, 0.5) is 0 Å². The van der Waals surface area contributed by atoms with Gasteiger partial charge in [-0.25, -0.2) is 19.7 Å². The zero-order valence-electron chi connectivity index (χ0n) is 10.6. The van der Waals surface area contributed by atoms with Gasteiger partial charge in [0.25, 0.3) is 0 Å². The normalized spacial score (nSPS) is 10.7. The molecule has 2 rings (SSSR count). The van der Waals surface area contributed by atoms with Crippen molar-refractivity contribution in [3.63, 3.8) is 0 Å². The first-order chi connectivity index (χ1) is 9.08. The Kier molecular flexibility index (Phi) is 4.11. The van der Waals surface area contributed by atoms with Crippen molar-refractivity contribution < 1.29 is 9.90 Å². The quantitative estimate of drug-likeness (QED) is 0.865. The van der Waals surface area contributed by atoms with Gasteiger partial charge in [0.1, 0.15) is 16.4 Å². The van der Waals surface area contributed by atoms with Crippen molar-refractivity contribution in [1.29, 1.82) is 0 Å². The van der Waals surface area contributed by atoms with Gasteiger partial charge in [0.15, 0.2) is 0 Å². The maximum Gasteiger partial charge on any atom is 0.338 e. The fourth-order valence-electron chi connectivity index (χ4n) is 1.46. The number of hydrogen-bond donors (Lipinski definition) is 1. The van der Waals surface area contributed by atoms with Gasteiger partial charge in [-0.2, -0.15) is 0 Å². The minimum atomic E-state index is -0.992. The van der Waals surface area contributed by atoms with Crippen LogP contribution in [0.5, 0.6) is 0 Å². The van der Waals surface area contributed by atoms with Crippen LogP contribution in [0.15, 0.2) is 40.8 Å². The summed E-state index contributed by atoms with van der Waals surface area (Å²) in [6.45, 7) is 4.08. The Morgan fingerprint density at radius 3 is 2.79 bits per heavy atom. The summed E-state index contributed by atoms with van der Waals surface area (Å²) < 4.78 is 0. The van der Waals surface area contributed by atoms with Gasteiger partial charge < -0.3 is 5.11 Å². The Morgan fingerprint density at radius 1 is 1.32 bits per heavy atom. The maximum absolute atomic E-state index is 11.1. The second-order valence-corrected chi connectivity index (χ2v) is 5.21. The van der Waals surface area contributed by atoms with Crippen LogP contribution in [0.25, 0.3) is 0 Å². The second kappa shape index (κ2) is 5.79. The fourth-order valence-corrected chi connectivity index (χ4v) is 2.32. The summed E-state index contributed by atoms with van der Waals surface area (Å²) in [6, 6.07) is 4.99. The predicted octanol–water partition coefficient (Wildman–Crippen LogP) is 2.84. The summed E-state index contributed by atoms with van der Waals surface area (Å²) in [7, 11) is 0. The molecule has 2 aromatic rings. The van der Waals surface area contributed by atoms with E-state index < -0.39 is 5.97 Å². The fraction of sp³-hybridized carbons (Fsp3) is 0.231. The van der Waals surface area contributed by atoms with Crippen LogP contribution in [0, 0.1) is 0 Å². The average Bonchev–Trinajstić information content (AvgIpc) is 2.39. The van der Waals surface area contributed by atoms with Crippen molar-refractivity contribution in [1.82, 2.24) is 15.0 Å². The van der Waals surface area contributed by atoms with Gasteiger partial charge in [-0.15, -0.1) is 0 Å². The number of pyridine rings is 1. The number of hydrogen-bond acceptors (Lipinski definition) is 5. The highest BCUT2D eigenvalue weighted by Crippen LogP contribution is 2.28. The van der Waals surface area contributed by atoms with E-state index in [4.69, 9.17) is 5.11 Å². The number of nitrogens with zero attached hydrogens (tertiary/aromatic N) is 3. The van der Waals surface area contributed by atoms with Crippen LogP contribution >= 0.6 is 11.8 Å². The number of aromatic carboxylic acids is 1. The average molecular weight is 275 g/mol. The Bertz CT molecular complexity index is 602. The predicted molar refractivity (Wildman–Crippen MR) is 71.4 cm³/mol. The lowest BCUT2D eigenvalue weighted by Crippen LogP contribution is -2.01. The lowest BCUT2D eigenvalue weighted by molar-refractivity contribution is 0.0692. The molecule has 0 saturated carbocycles. The van der Waals surface area contributed by atoms with Crippen molar-refractivity contribution in [2.45, 2.75) is 29.8 Å². The number of carboxylic acid groups (broad SMARTS) is 1. The molecule has 0 aliphatic heterocycles. The molecular weight excluding hydrogens is 262 g/mol. The summed E-state index contributed by atoms with van der Waals surface area (Å²) in [5.41, 5.74) is 1.10. The monoisotopic (exact) mass is 275 g/mol. The third-order valence-corrected chi connectivity index (χ3v) is 3.41. The summed E-state index contributed by atoms with van der Waals surface area (Å²) in [4.78, 5) is 23.5. The first-order valence-electron chi connectivity index (χ1n) is 5.76. The van der Waals surface area contributed by atoms with Crippen molar-refractivity contribution in [2.75, 3.05) is 0 Å². The Balaban J connectivity index is 2.31. The van der Waals surface area contributed by atoms with Gasteiger partial charge >= 0.3 is 5.97 Å². The van der Waals surface area contributed by atoms with Crippen LogP contribution in [-0.4, -0.2) is 26.0 Å². The molecule has 19 heavy (non-hydrogen) atoms. The van der Waals surface area contributed by atoms with Gasteiger partial charge in [-0.3, -0.25) is 0 Å². The largest absolute Gasteiger partial charge is 0.478 e. The summed E-state index contributed by atoms with van der Waals surface area (Å²) >= 11 is 1.23. The smallest absolute Gasteiger partial charge is 0.338 e. The molecule has 0 fully saturated rings. The summed E-state index contributed by atoms with van der Waals surface area (Å²) in [5.74, 6) is -0.696. The molecule has 0 aromatic carbocycles. The highest BCUT2D eigenvalue weighted by molar-refractivity contribution is 7.99. The number of aromatic nitrogens is 3. The van der Waals surface area contributed by atoms with E-state index in [9.17, 15) is 4.79 Å². The lowest BCUT2D eigenvalue weighted by atomic mass is 10.1. The maximum atomic E-state index is 11.1. The Labute approximate surface area is 115 Å². The number of carboxylic acids is 1. The Hall–Kier alpha value is -1.95. The third kappa shape index (κ3) is 3.29. The van der Waals surface area contributed by atoms with Crippen LogP contribution in [0.3, 0.4) is 0 Å². The van der Waals surface area contributed by atoms with Gasteiger partial charge in [-0.05, 0) is 35.9 Å². The zero-order valence-corrected chi connectivity index (χ0v) is 11.4. The molecule has 5 nitrogen and oxygen atoms in total. The van der Waals surface area contributed by atoms with Crippen LogP contribution in [0.1, 0.15) is 35.8 Å². The first kappa shape index (κ1) is 13.5. The van der Waals surface area contributed by atoms with Gasteiger partial charge in [0, 0.05) is 11.9 Å². The van der Waals surface area contributed by atoms with Gasteiger partial charge in [0.2, 0.25) is 0 Å². The molecule has 2 heterocycles. The van der Waals surface area contributed by atoms with Gasteiger partial charge in [0.05, 0.1) is 5.56 Å². The van der Waals surface area contributed by atoms with Gasteiger partial charge in [-0.1, -0.05) is 13.8 Å². The standard InChI is InChI=1S/C13H13N3O2S/c1-8(2)10-6-11(16-7-15-10)19-12-9(13(17)18)4-3-5-14-12/h3-8H,1-2H3,(H,17,18). The number of rotatable bonds is 4. The summed E-state index contributed by atoms with van der Waals surface area (Å²) in [6.07, 6.45) is 3.06. The van der Waals surface area contributed by atoms with Crippen molar-refractivity contribution >= 4 is 17.7 Å². The van der Waals surface area contributed by atoms with Crippen molar-refractivity contribution in [3.8, 4) is 0 Å². The van der Waals surface area contributed by atoms with Crippen molar-refractivity contribution in [2.24, 2.45) is 0 Å². The molecule has 0 aliphatic rings. The molecule has 6 heteroatoms. The SMILES string of the molecule is CC(C)c1cc(Sc2ncccc2C(=O)O)ncn1. The van der Waals surface area contributed by atoms with Crippen molar-refractivity contribution in [3.05, 3.63) is 42.0 Å². The third-order valence-electron chi connectivity index (χ3n) is 2.46. The Morgan fingerprint density at radius 2 is 2.11 bits per heavy atom. The molecule has 0 amide bonds. The molecule has 0 saturated heterocycles. The van der Waals surface area contributed by atoms with E-state index in [1.54, 1.807) is 12.3 Å². The molecule has 98 valence electrons. The van der Waals surface area contributed by atoms with E-state index in [1.165, 1.54) is 24.2 Å². The van der Waals surface area contributed by atoms with E-state index in [1.807, 2.05) is 19.9 Å². The van der Waals surface area contributed by atoms with E-state index in [0.29, 0.717) is 16.0 Å². The molecule has 0 atom stereocenters. The minimum absolute atomic E-state index is 0.178. The molecule has 0 aliphatic carbocycles. The zero-order chi connectivity index (χ0) is 13.8. The lowest BCUT2D eigenvalue weighted by Gasteiger charge is -2.06. The first-order valence-corrected chi connectivity index (χ1v) is 6.57.